The van der Waals surface area contributed by atoms with Gasteiger partial charge < -0.3 is 14.5 Å². The molecule has 0 bridgehead atoms. The molecule has 0 aliphatic carbocycles. The van der Waals surface area contributed by atoms with Gasteiger partial charge in [-0.15, -0.1) is 11.6 Å². The summed E-state index contributed by atoms with van der Waals surface area (Å²) in [5, 5.41) is 0. The van der Waals surface area contributed by atoms with E-state index in [1.165, 1.54) is 0 Å². The molecule has 2 aromatic rings. The van der Waals surface area contributed by atoms with Gasteiger partial charge in [-0.25, -0.2) is 4.98 Å². The number of aromatic nitrogens is 2. The fourth-order valence-corrected chi connectivity index (χ4v) is 2.08. The molecule has 4 nitrogen and oxygen atoms in total. The normalized spacial score (nSPS) is 10.8. The molecule has 98 valence electrons. The monoisotopic (exact) mass is 268 g/mol. The van der Waals surface area contributed by atoms with Crippen LogP contribution in [0.3, 0.4) is 0 Å². The third-order valence-corrected chi connectivity index (χ3v) is 3.10. The summed E-state index contributed by atoms with van der Waals surface area (Å²) in [7, 11) is 3.25. The minimum absolute atomic E-state index is 0.696. The Morgan fingerprint density at radius 2 is 1.89 bits per heavy atom. The highest BCUT2D eigenvalue weighted by Gasteiger charge is 2.09. The molecule has 1 N–H and O–H groups in total. The van der Waals surface area contributed by atoms with Crippen molar-refractivity contribution in [1.29, 1.82) is 0 Å². The summed E-state index contributed by atoms with van der Waals surface area (Å²) in [6.45, 7) is 0. The number of ether oxygens (including phenoxy) is 2. The Kier molecular flexibility index (Phi) is 4.31. The molecule has 0 atom stereocenters. The second-order valence-corrected chi connectivity index (χ2v) is 4.43. The van der Waals surface area contributed by atoms with Gasteiger partial charge in [0.2, 0.25) is 0 Å². The Labute approximate surface area is 111 Å². The molecule has 0 unspecified atom stereocenters. The maximum absolute atomic E-state index is 5.66. The van der Waals surface area contributed by atoms with Crippen molar-refractivity contribution in [1.82, 2.24) is 9.97 Å². The number of aryl methyl sites for hydroxylation is 1. The van der Waals surface area contributed by atoms with E-state index < -0.39 is 0 Å². The first-order valence-electron chi connectivity index (χ1n) is 5.95. The van der Waals surface area contributed by atoms with E-state index in [1.54, 1.807) is 14.2 Å². The van der Waals surface area contributed by atoms with Crippen molar-refractivity contribution >= 4 is 22.6 Å². The fraction of sp³-hybridized carbons (Fsp3) is 0.462. The minimum Gasteiger partial charge on any atom is -0.493 e. The van der Waals surface area contributed by atoms with Crippen LogP contribution in [-0.4, -0.2) is 30.1 Å². The van der Waals surface area contributed by atoms with Gasteiger partial charge >= 0.3 is 0 Å². The van der Waals surface area contributed by atoms with E-state index in [-0.39, 0.29) is 0 Å². The zero-order chi connectivity index (χ0) is 13.0. The van der Waals surface area contributed by atoms with E-state index in [4.69, 9.17) is 21.1 Å². The SMILES string of the molecule is COc1cc2nc(CCCCCl)[nH]c2cc1OC. The number of imidazole rings is 1. The second-order valence-electron chi connectivity index (χ2n) is 4.05. The molecule has 18 heavy (non-hydrogen) atoms. The molecule has 1 aromatic heterocycles. The van der Waals surface area contributed by atoms with Crippen molar-refractivity contribution in [2.75, 3.05) is 20.1 Å². The highest BCUT2D eigenvalue weighted by molar-refractivity contribution is 6.17. The number of unbranched alkanes of at least 4 members (excludes halogenated alkanes) is 1. The highest BCUT2D eigenvalue weighted by atomic mass is 35.5. The van der Waals surface area contributed by atoms with Crippen LogP contribution in [0, 0.1) is 0 Å². The first-order valence-corrected chi connectivity index (χ1v) is 6.48. The summed E-state index contributed by atoms with van der Waals surface area (Å²) in [5.74, 6) is 3.08. The molecule has 2 rings (SSSR count). The van der Waals surface area contributed by atoms with Crippen molar-refractivity contribution in [3.63, 3.8) is 0 Å². The molecule has 0 saturated heterocycles. The van der Waals surface area contributed by atoms with Crippen LogP contribution in [-0.2, 0) is 6.42 Å². The largest absolute Gasteiger partial charge is 0.493 e. The van der Waals surface area contributed by atoms with Crippen LogP contribution in [0.1, 0.15) is 18.7 Å². The van der Waals surface area contributed by atoms with Gasteiger partial charge in [-0.3, -0.25) is 0 Å². The third kappa shape index (κ3) is 2.70. The van der Waals surface area contributed by atoms with E-state index in [9.17, 15) is 0 Å². The smallest absolute Gasteiger partial charge is 0.163 e. The Balaban J connectivity index is 2.27. The number of nitrogens with one attached hydrogen (secondary N) is 1. The maximum atomic E-state index is 5.66. The summed E-state index contributed by atoms with van der Waals surface area (Å²) in [4.78, 5) is 7.83. The quantitative estimate of drug-likeness (QED) is 0.647. The van der Waals surface area contributed by atoms with Crippen molar-refractivity contribution in [2.24, 2.45) is 0 Å². The summed E-state index contributed by atoms with van der Waals surface area (Å²) >= 11 is 5.66. The predicted octanol–water partition coefficient (Wildman–Crippen LogP) is 3.14. The van der Waals surface area contributed by atoms with Gasteiger partial charge in [0.1, 0.15) is 5.82 Å². The van der Waals surface area contributed by atoms with E-state index >= 15 is 0 Å². The molecule has 5 heteroatoms. The summed E-state index contributed by atoms with van der Waals surface area (Å²) in [5.41, 5.74) is 1.86. The van der Waals surface area contributed by atoms with E-state index in [0.717, 1.165) is 36.1 Å². The number of H-pyrrole nitrogens is 1. The number of halogens is 1. The molecule has 0 aliphatic heterocycles. The lowest BCUT2D eigenvalue weighted by atomic mass is 10.2. The van der Waals surface area contributed by atoms with Gasteiger partial charge in [0.05, 0.1) is 25.3 Å². The molecule has 1 aromatic carbocycles. The van der Waals surface area contributed by atoms with Crippen LogP contribution < -0.4 is 9.47 Å². The van der Waals surface area contributed by atoms with Crippen LogP contribution in [0.4, 0.5) is 0 Å². The maximum Gasteiger partial charge on any atom is 0.163 e. The number of aromatic amines is 1. The number of methoxy groups -OCH3 is 2. The molecule has 1 heterocycles. The van der Waals surface area contributed by atoms with Crippen molar-refractivity contribution in [2.45, 2.75) is 19.3 Å². The lowest BCUT2D eigenvalue weighted by molar-refractivity contribution is 0.356. The average Bonchev–Trinajstić information content (AvgIpc) is 2.78. The fourth-order valence-electron chi connectivity index (χ4n) is 1.90. The first-order chi connectivity index (χ1) is 8.78. The van der Waals surface area contributed by atoms with Crippen molar-refractivity contribution < 1.29 is 9.47 Å². The first kappa shape index (κ1) is 13.0. The lowest BCUT2D eigenvalue weighted by Gasteiger charge is -2.06. The number of rotatable bonds is 6. The highest BCUT2D eigenvalue weighted by Crippen LogP contribution is 2.31. The average molecular weight is 269 g/mol. The molecule has 0 fully saturated rings. The summed E-state index contributed by atoms with van der Waals surface area (Å²) in [6, 6.07) is 3.79. The lowest BCUT2D eigenvalue weighted by Crippen LogP contribution is -1.89. The zero-order valence-corrected chi connectivity index (χ0v) is 11.4. The summed E-state index contributed by atoms with van der Waals surface area (Å²) in [6.07, 6.45) is 2.95. The standard InChI is InChI=1S/C13H17ClN2O2/c1-17-11-7-9-10(8-12(11)18-2)16-13(15-9)5-3-4-6-14/h7-8H,3-6H2,1-2H3,(H,15,16). The van der Waals surface area contributed by atoms with E-state index in [2.05, 4.69) is 9.97 Å². The van der Waals surface area contributed by atoms with Crippen LogP contribution in [0.5, 0.6) is 11.5 Å². The van der Waals surface area contributed by atoms with Crippen molar-refractivity contribution in [3.8, 4) is 11.5 Å². The predicted molar refractivity (Wildman–Crippen MR) is 72.9 cm³/mol. The Bertz CT molecular complexity index is 484. The van der Waals surface area contributed by atoms with Gasteiger partial charge in [0.15, 0.2) is 11.5 Å². The molecular formula is C13H17ClN2O2. The van der Waals surface area contributed by atoms with Gasteiger partial charge in [-0.1, -0.05) is 0 Å². The van der Waals surface area contributed by atoms with Crippen LogP contribution >= 0.6 is 11.6 Å². The molecule has 0 aliphatic rings. The Hall–Kier alpha value is -1.42. The second kappa shape index (κ2) is 5.96. The molecular weight excluding hydrogens is 252 g/mol. The number of benzene rings is 1. The molecule has 0 spiro atoms. The zero-order valence-electron chi connectivity index (χ0n) is 10.6. The minimum atomic E-state index is 0.696. The molecule has 0 saturated carbocycles. The number of hydrogen-bond donors (Lipinski definition) is 1. The summed E-state index contributed by atoms with van der Waals surface area (Å²) < 4.78 is 10.5. The number of nitrogens with zero attached hydrogens (tertiary/aromatic N) is 1. The molecule has 0 amide bonds. The van der Waals surface area contributed by atoms with Crippen LogP contribution in [0.25, 0.3) is 11.0 Å². The number of fused-ring (bicyclic) bond motifs is 1. The van der Waals surface area contributed by atoms with Gasteiger partial charge in [0, 0.05) is 24.4 Å². The number of hydrogen-bond acceptors (Lipinski definition) is 3. The van der Waals surface area contributed by atoms with Gasteiger partial charge in [-0.05, 0) is 12.8 Å². The van der Waals surface area contributed by atoms with E-state index in [0.29, 0.717) is 17.4 Å². The Morgan fingerprint density at radius 3 is 2.56 bits per heavy atom. The third-order valence-electron chi connectivity index (χ3n) is 2.83. The van der Waals surface area contributed by atoms with Gasteiger partial charge in [0.25, 0.3) is 0 Å². The van der Waals surface area contributed by atoms with Crippen molar-refractivity contribution in [3.05, 3.63) is 18.0 Å². The van der Waals surface area contributed by atoms with Gasteiger partial charge in [-0.2, -0.15) is 0 Å². The van der Waals surface area contributed by atoms with Crippen LogP contribution in [0.15, 0.2) is 12.1 Å². The van der Waals surface area contributed by atoms with Crippen LogP contribution in [0.2, 0.25) is 0 Å². The number of alkyl halides is 1. The topological polar surface area (TPSA) is 47.1 Å². The Morgan fingerprint density at radius 1 is 1.17 bits per heavy atom. The van der Waals surface area contributed by atoms with E-state index in [1.807, 2.05) is 12.1 Å². The molecule has 0 radical (unpaired) electrons.